The average Bonchev–Trinajstić information content (AvgIpc) is 2.88. The minimum atomic E-state index is -3.86. The first-order valence-electron chi connectivity index (χ1n) is 12.7. The maximum absolute atomic E-state index is 13.9. The summed E-state index contributed by atoms with van der Waals surface area (Å²) in [5.74, 6) is -0.385. The number of sulfonamides is 1. The van der Waals surface area contributed by atoms with Crippen LogP contribution in [0.2, 0.25) is 10.0 Å². The molecule has 0 aromatic heterocycles. The molecule has 0 bridgehead atoms. The molecule has 0 unspecified atom stereocenters. The van der Waals surface area contributed by atoms with E-state index in [-0.39, 0.29) is 24.2 Å². The van der Waals surface area contributed by atoms with Gasteiger partial charge in [-0.1, -0.05) is 61.5 Å². The highest BCUT2D eigenvalue weighted by Gasteiger charge is 2.33. The summed E-state index contributed by atoms with van der Waals surface area (Å²) in [6, 6.07) is 10.7. The first kappa shape index (κ1) is 30.1. The van der Waals surface area contributed by atoms with Crippen LogP contribution in [0.25, 0.3) is 0 Å². The van der Waals surface area contributed by atoms with Gasteiger partial charge >= 0.3 is 0 Å². The first-order chi connectivity index (χ1) is 18.0. The Kier molecular flexibility index (Phi) is 10.7. The van der Waals surface area contributed by atoms with E-state index >= 15 is 0 Å². The van der Waals surface area contributed by atoms with Gasteiger partial charge < -0.3 is 15.0 Å². The summed E-state index contributed by atoms with van der Waals surface area (Å²) in [7, 11) is -2.39. The van der Waals surface area contributed by atoms with Crippen LogP contribution in [0.3, 0.4) is 0 Å². The Labute approximate surface area is 235 Å². The van der Waals surface area contributed by atoms with Crippen molar-refractivity contribution >= 4 is 50.7 Å². The molecule has 2 aromatic carbocycles. The summed E-state index contributed by atoms with van der Waals surface area (Å²) in [4.78, 5) is 28.7. The van der Waals surface area contributed by atoms with Crippen LogP contribution in [0.5, 0.6) is 5.75 Å². The van der Waals surface area contributed by atoms with E-state index in [1.54, 1.807) is 36.4 Å². The number of methoxy groups -OCH3 is 1. The average molecular weight is 585 g/mol. The van der Waals surface area contributed by atoms with Gasteiger partial charge in [0.2, 0.25) is 21.8 Å². The highest BCUT2D eigenvalue weighted by Crippen LogP contribution is 2.28. The normalized spacial score (nSPS) is 15.0. The highest BCUT2D eigenvalue weighted by atomic mass is 35.5. The molecule has 11 heteroatoms. The number of nitrogens with one attached hydrogen (secondary N) is 1. The molecule has 2 amide bonds. The number of rotatable bonds is 11. The number of halogens is 2. The Bertz CT molecular complexity index is 1210. The van der Waals surface area contributed by atoms with E-state index in [1.165, 1.54) is 18.1 Å². The third-order valence-electron chi connectivity index (χ3n) is 6.75. The molecule has 1 N–H and O–H groups in total. The van der Waals surface area contributed by atoms with Gasteiger partial charge in [0.1, 0.15) is 18.3 Å². The third-order valence-corrected chi connectivity index (χ3v) is 8.60. The lowest BCUT2D eigenvalue weighted by atomic mass is 9.95. The zero-order valence-corrected chi connectivity index (χ0v) is 24.3. The summed E-state index contributed by atoms with van der Waals surface area (Å²) >= 11 is 12.9. The Morgan fingerprint density at radius 2 is 1.71 bits per heavy atom. The minimum absolute atomic E-state index is 0.0513. The van der Waals surface area contributed by atoms with Crippen molar-refractivity contribution in [3.63, 3.8) is 0 Å². The fraction of sp³-hybridized carbons (Fsp3) is 0.481. The van der Waals surface area contributed by atoms with Gasteiger partial charge in [0.15, 0.2) is 0 Å². The van der Waals surface area contributed by atoms with E-state index in [1.807, 2.05) is 6.92 Å². The Morgan fingerprint density at radius 3 is 2.29 bits per heavy atom. The topological polar surface area (TPSA) is 96.0 Å². The summed E-state index contributed by atoms with van der Waals surface area (Å²) in [6.45, 7) is 1.25. The van der Waals surface area contributed by atoms with E-state index in [2.05, 4.69) is 5.32 Å². The molecular formula is C27H35Cl2N3O5S. The van der Waals surface area contributed by atoms with Crippen molar-refractivity contribution in [2.24, 2.45) is 0 Å². The number of hydrogen-bond acceptors (Lipinski definition) is 5. The number of anilines is 1. The molecule has 1 aliphatic carbocycles. The van der Waals surface area contributed by atoms with Crippen molar-refractivity contribution in [1.82, 2.24) is 10.2 Å². The Hall–Kier alpha value is -2.49. The van der Waals surface area contributed by atoms with E-state index < -0.39 is 28.5 Å². The molecule has 0 spiro atoms. The lowest BCUT2D eigenvalue weighted by molar-refractivity contribution is -0.140. The van der Waals surface area contributed by atoms with Crippen LogP contribution in [0.1, 0.15) is 51.0 Å². The van der Waals surface area contributed by atoms with Gasteiger partial charge in [-0.15, -0.1) is 0 Å². The second-order valence-corrected chi connectivity index (χ2v) is 12.2. The summed E-state index contributed by atoms with van der Waals surface area (Å²) < 4.78 is 31.8. The SMILES string of the molecule is CC[C@@H](C(=O)NC1CCCCC1)N(Cc1c(Cl)cccc1Cl)C(=O)CN(c1cccc(OC)c1)S(C)(=O)=O. The van der Waals surface area contributed by atoms with Crippen LogP contribution in [0.15, 0.2) is 42.5 Å². The first-order valence-corrected chi connectivity index (χ1v) is 15.3. The van der Waals surface area contributed by atoms with Crippen molar-refractivity contribution in [3.05, 3.63) is 58.1 Å². The predicted octanol–water partition coefficient (Wildman–Crippen LogP) is 5.02. The van der Waals surface area contributed by atoms with E-state index in [0.29, 0.717) is 27.8 Å². The Morgan fingerprint density at radius 1 is 1.08 bits per heavy atom. The molecule has 1 atom stereocenters. The monoisotopic (exact) mass is 583 g/mol. The number of nitrogens with zero attached hydrogens (tertiary/aromatic N) is 2. The maximum atomic E-state index is 13.9. The lowest BCUT2D eigenvalue weighted by Gasteiger charge is -2.34. The number of amides is 2. The molecule has 0 saturated heterocycles. The fourth-order valence-electron chi connectivity index (χ4n) is 4.70. The number of ether oxygens (including phenoxy) is 1. The van der Waals surface area contributed by atoms with Crippen molar-refractivity contribution in [3.8, 4) is 5.75 Å². The zero-order valence-electron chi connectivity index (χ0n) is 22.0. The van der Waals surface area contributed by atoms with Crippen molar-refractivity contribution < 1.29 is 22.7 Å². The largest absolute Gasteiger partial charge is 0.497 e. The van der Waals surface area contributed by atoms with Gasteiger partial charge in [-0.2, -0.15) is 0 Å². The van der Waals surface area contributed by atoms with Gasteiger partial charge in [-0.05, 0) is 43.5 Å². The van der Waals surface area contributed by atoms with Crippen molar-refractivity contribution in [2.45, 2.75) is 64.1 Å². The van der Waals surface area contributed by atoms with Crippen molar-refractivity contribution in [2.75, 3.05) is 24.2 Å². The van der Waals surface area contributed by atoms with E-state index in [9.17, 15) is 18.0 Å². The summed E-state index contributed by atoms with van der Waals surface area (Å²) in [5.41, 5.74) is 0.760. The second-order valence-electron chi connectivity index (χ2n) is 9.46. The number of benzene rings is 2. The minimum Gasteiger partial charge on any atom is -0.497 e. The molecule has 0 heterocycles. The van der Waals surface area contributed by atoms with Crippen LogP contribution >= 0.6 is 23.2 Å². The Balaban J connectivity index is 1.97. The predicted molar refractivity (Wildman–Crippen MR) is 151 cm³/mol. The van der Waals surface area contributed by atoms with Gasteiger partial charge in [-0.25, -0.2) is 8.42 Å². The van der Waals surface area contributed by atoms with Gasteiger partial charge in [0, 0.05) is 34.3 Å². The quantitative estimate of drug-likeness (QED) is 0.400. The standard InChI is InChI=1S/C27H35Cl2N3O5S/c1-4-25(27(34)30-19-10-6-5-7-11-19)31(17-22-23(28)14-9-15-24(22)29)26(33)18-32(38(3,35)36)20-12-8-13-21(16-20)37-2/h8-9,12-16,19,25H,4-7,10-11,17-18H2,1-3H3,(H,30,34)/t25-/m0/s1. The van der Waals surface area contributed by atoms with Crippen molar-refractivity contribution in [1.29, 1.82) is 0 Å². The molecule has 3 rings (SSSR count). The molecule has 8 nitrogen and oxygen atoms in total. The van der Waals surface area contributed by atoms with Crippen LogP contribution in [0.4, 0.5) is 5.69 Å². The number of carbonyl (C=O) groups excluding carboxylic acids is 2. The van der Waals surface area contributed by atoms with Gasteiger partial charge in [0.25, 0.3) is 0 Å². The van der Waals surface area contributed by atoms with Gasteiger partial charge in [0.05, 0.1) is 19.1 Å². The molecule has 0 aliphatic heterocycles. The lowest BCUT2D eigenvalue weighted by Crippen LogP contribution is -2.54. The molecule has 1 aliphatic rings. The van der Waals surface area contributed by atoms with Crippen LogP contribution in [-0.4, -0.2) is 57.1 Å². The second kappa shape index (κ2) is 13.5. The number of carbonyl (C=O) groups is 2. The summed E-state index contributed by atoms with van der Waals surface area (Å²) in [6.07, 6.45) is 6.37. The van der Waals surface area contributed by atoms with Crippen LogP contribution in [-0.2, 0) is 26.2 Å². The maximum Gasteiger partial charge on any atom is 0.244 e. The van der Waals surface area contributed by atoms with E-state index in [4.69, 9.17) is 27.9 Å². The zero-order chi connectivity index (χ0) is 27.9. The molecule has 1 fully saturated rings. The molecule has 38 heavy (non-hydrogen) atoms. The molecular weight excluding hydrogens is 549 g/mol. The van der Waals surface area contributed by atoms with Gasteiger partial charge in [-0.3, -0.25) is 13.9 Å². The van der Waals surface area contributed by atoms with E-state index in [0.717, 1.165) is 42.7 Å². The smallest absolute Gasteiger partial charge is 0.244 e. The molecule has 2 aromatic rings. The molecule has 208 valence electrons. The highest BCUT2D eigenvalue weighted by molar-refractivity contribution is 7.92. The summed E-state index contributed by atoms with van der Waals surface area (Å²) in [5, 5.41) is 3.81. The molecule has 0 radical (unpaired) electrons. The fourth-order valence-corrected chi connectivity index (χ4v) is 6.06. The third kappa shape index (κ3) is 7.77. The molecule has 1 saturated carbocycles. The number of hydrogen-bond donors (Lipinski definition) is 1. The van der Waals surface area contributed by atoms with Crippen LogP contribution < -0.4 is 14.4 Å². The van der Waals surface area contributed by atoms with Crippen LogP contribution in [0, 0.1) is 0 Å².